The second kappa shape index (κ2) is 14.4. The Morgan fingerprint density at radius 3 is 2.30 bits per heavy atom. The molecule has 0 heterocycles. The zero-order valence-electron chi connectivity index (χ0n) is 18.9. The van der Waals surface area contributed by atoms with E-state index in [4.69, 9.17) is 9.66 Å². The lowest BCUT2D eigenvalue weighted by atomic mass is 10.1. The summed E-state index contributed by atoms with van der Waals surface area (Å²) in [5, 5.41) is 14.7. The van der Waals surface area contributed by atoms with E-state index in [-0.39, 0.29) is 50.8 Å². The zero-order chi connectivity index (χ0) is 24.9. The maximum absolute atomic E-state index is 13.2. The minimum absolute atomic E-state index is 0.00403. The predicted octanol–water partition coefficient (Wildman–Crippen LogP) is 1.05. The van der Waals surface area contributed by atoms with Crippen molar-refractivity contribution in [1.29, 1.82) is 0 Å². The third-order valence-electron chi connectivity index (χ3n) is 4.52. The number of hydrogen-bond acceptors (Lipinski definition) is 6. The average Bonchev–Trinajstić information content (AvgIpc) is 2.67. The van der Waals surface area contributed by atoms with E-state index in [1.165, 1.54) is 4.90 Å². The second-order valence-corrected chi connectivity index (χ2v) is 9.37. The number of carbonyl (C=O) groups excluding carboxylic acids is 2. The molecule has 0 fully saturated rings. The van der Waals surface area contributed by atoms with Gasteiger partial charge in [-0.05, 0) is 25.0 Å². The molecule has 10 nitrogen and oxygen atoms in total. The highest BCUT2D eigenvalue weighted by Gasteiger charge is 2.26. The largest absolute Gasteiger partial charge is 0.481 e. The van der Waals surface area contributed by atoms with E-state index >= 15 is 0 Å². The van der Waals surface area contributed by atoms with E-state index in [1.807, 2.05) is 19.9 Å². The van der Waals surface area contributed by atoms with Crippen molar-refractivity contribution >= 4 is 27.9 Å². The SMILES string of the molecule is CC(C)NC(CNC(=O)C1=C/C=C\C=C/C=C1)C(=O)N(CCCC(=O)O)CCCS(=O)(=O)O. The minimum Gasteiger partial charge on any atom is -0.481 e. The van der Waals surface area contributed by atoms with E-state index < -0.39 is 33.8 Å². The van der Waals surface area contributed by atoms with Crippen molar-refractivity contribution in [2.75, 3.05) is 25.4 Å². The van der Waals surface area contributed by atoms with Gasteiger partial charge in [-0.1, -0.05) is 44.2 Å². The highest BCUT2D eigenvalue weighted by atomic mass is 32.2. The third-order valence-corrected chi connectivity index (χ3v) is 5.32. The number of nitrogens with one attached hydrogen (secondary N) is 2. The van der Waals surface area contributed by atoms with Crippen molar-refractivity contribution in [1.82, 2.24) is 15.5 Å². The first kappa shape index (κ1) is 28.3. The smallest absolute Gasteiger partial charge is 0.303 e. The van der Waals surface area contributed by atoms with Crippen molar-refractivity contribution in [3.05, 3.63) is 48.1 Å². The fourth-order valence-corrected chi connectivity index (χ4v) is 3.54. The van der Waals surface area contributed by atoms with Crippen LogP contribution < -0.4 is 10.6 Å². The van der Waals surface area contributed by atoms with Crippen LogP contribution in [0.5, 0.6) is 0 Å². The quantitative estimate of drug-likeness (QED) is 0.267. The van der Waals surface area contributed by atoms with Gasteiger partial charge in [-0.15, -0.1) is 0 Å². The number of hydrogen-bond donors (Lipinski definition) is 4. The van der Waals surface area contributed by atoms with Gasteiger partial charge in [0.15, 0.2) is 0 Å². The van der Waals surface area contributed by atoms with Crippen molar-refractivity contribution < 1.29 is 32.5 Å². The molecule has 0 aromatic carbocycles. The average molecular weight is 484 g/mol. The van der Waals surface area contributed by atoms with Crippen LogP contribution in [0.15, 0.2) is 48.1 Å². The number of amides is 2. The summed E-state index contributed by atoms with van der Waals surface area (Å²) in [6.07, 6.45) is 12.2. The molecule has 0 aromatic rings. The summed E-state index contributed by atoms with van der Waals surface area (Å²) in [4.78, 5) is 38.0. The van der Waals surface area contributed by atoms with Crippen LogP contribution in [0.2, 0.25) is 0 Å². The van der Waals surface area contributed by atoms with Crippen molar-refractivity contribution in [3.8, 4) is 0 Å². The normalized spacial score (nSPS) is 16.3. The molecule has 1 rings (SSSR count). The summed E-state index contributed by atoms with van der Waals surface area (Å²) < 4.78 is 31.0. The highest BCUT2D eigenvalue weighted by molar-refractivity contribution is 7.85. The summed E-state index contributed by atoms with van der Waals surface area (Å²) in [5.74, 6) is -2.28. The van der Waals surface area contributed by atoms with Gasteiger partial charge < -0.3 is 20.6 Å². The first-order chi connectivity index (χ1) is 15.5. The molecule has 0 aliphatic heterocycles. The summed E-state index contributed by atoms with van der Waals surface area (Å²) in [6, 6.07) is -0.902. The molecule has 1 aliphatic rings. The lowest BCUT2D eigenvalue weighted by Gasteiger charge is -2.29. The fraction of sp³-hybridized carbons (Fsp3) is 0.500. The summed E-state index contributed by atoms with van der Waals surface area (Å²) in [6.45, 7) is 3.78. The third kappa shape index (κ3) is 12.8. The van der Waals surface area contributed by atoms with E-state index in [9.17, 15) is 22.8 Å². The molecule has 1 unspecified atom stereocenters. The van der Waals surface area contributed by atoms with Gasteiger partial charge in [0.1, 0.15) is 6.04 Å². The van der Waals surface area contributed by atoms with E-state index in [0.29, 0.717) is 5.57 Å². The van der Waals surface area contributed by atoms with Crippen LogP contribution in [0, 0.1) is 0 Å². The molecular weight excluding hydrogens is 450 g/mol. The number of carboxylic acids is 1. The van der Waals surface area contributed by atoms with Crippen LogP contribution in [0.3, 0.4) is 0 Å². The summed E-state index contributed by atoms with van der Waals surface area (Å²) in [7, 11) is -4.19. The maximum Gasteiger partial charge on any atom is 0.303 e. The molecular formula is C22H33N3O7S. The van der Waals surface area contributed by atoms with E-state index in [0.717, 1.165) is 0 Å². The van der Waals surface area contributed by atoms with E-state index in [1.54, 1.807) is 36.5 Å². The Hall–Kier alpha value is -2.76. The van der Waals surface area contributed by atoms with E-state index in [2.05, 4.69) is 10.6 Å². The molecule has 11 heteroatoms. The van der Waals surface area contributed by atoms with Gasteiger partial charge in [-0.2, -0.15) is 8.42 Å². The number of carboxylic acid groups (broad SMARTS) is 1. The Balaban J connectivity index is 2.89. The van der Waals surface area contributed by atoms with Gasteiger partial charge in [0, 0.05) is 37.7 Å². The first-order valence-corrected chi connectivity index (χ1v) is 12.3. The molecule has 0 saturated carbocycles. The van der Waals surface area contributed by atoms with Crippen molar-refractivity contribution in [3.63, 3.8) is 0 Å². The molecule has 0 saturated heterocycles. The van der Waals surface area contributed by atoms with Gasteiger partial charge in [0.05, 0.1) is 5.75 Å². The Morgan fingerprint density at radius 2 is 1.67 bits per heavy atom. The molecule has 184 valence electrons. The summed E-state index contributed by atoms with van der Waals surface area (Å²) >= 11 is 0. The van der Waals surface area contributed by atoms with Crippen molar-refractivity contribution in [2.45, 2.75) is 45.2 Å². The van der Waals surface area contributed by atoms with Gasteiger partial charge in [0.25, 0.3) is 16.0 Å². The lowest BCUT2D eigenvalue weighted by Crippen LogP contribution is -2.54. The molecule has 2 amide bonds. The number of rotatable bonds is 14. The number of allylic oxidation sites excluding steroid dienone is 6. The summed E-state index contributed by atoms with van der Waals surface area (Å²) in [5.41, 5.74) is 0.415. The van der Waals surface area contributed by atoms with Crippen LogP contribution >= 0.6 is 0 Å². The molecule has 0 spiro atoms. The number of nitrogens with zero attached hydrogens (tertiary/aromatic N) is 1. The molecule has 0 radical (unpaired) electrons. The topological polar surface area (TPSA) is 153 Å². The monoisotopic (exact) mass is 483 g/mol. The molecule has 1 atom stereocenters. The lowest BCUT2D eigenvalue weighted by molar-refractivity contribution is -0.138. The fourth-order valence-electron chi connectivity index (χ4n) is 3.05. The van der Waals surface area contributed by atoms with Gasteiger partial charge in [-0.25, -0.2) is 0 Å². The number of aliphatic carboxylic acids is 1. The molecule has 0 aromatic heterocycles. The zero-order valence-corrected chi connectivity index (χ0v) is 19.8. The Morgan fingerprint density at radius 1 is 1.03 bits per heavy atom. The number of carbonyl (C=O) groups is 3. The van der Waals surface area contributed by atoms with Gasteiger partial charge >= 0.3 is 5.97 Å². The maximum atomic E-state index is 13.2. The standard InChI is InChI=1S/C22H33N3O7S/c1-17(2)24-19(16-23-21(28)18-10-6-4-3-5-7-11-18)22(29)25(13-8-12-20(26)27)14-9-15-33(30,31)32/h3-7,10-11,17,19,24H,8-9,12-16H2,1-2H3,(H,23,28)(H,26,27)(H,30,31,32)/b4-3-,5-3?,6-4?,7-5-,10-6?,11-7?,18-10?,18-11?. The van der Waals surface area contributed by atoms with Gasteiger partial charge in [0.2, 0.25) is 5.91 Å². The second-order valence-electron chi connectivity index (χ2n) is 7.80. The molecule has 0 bridgehead atoms. The van der Waals surface area contributed by atoms with Crippen LogP contribution in [-0.2, 0) is 24.5 Å². The van der Waals surface area contributed by atoms with Gasteiger partial charge in [-0.3, -0.25) is 18.9 Å². The predicted molar refractivity (Wildman–Crippen MR) is 125 cm³/mol. The Labute approximate surface area is 194 Å². The molecule has 4 N–H and O–H groups in total. The van der Waals surface area contributed by atoms with Crippen molar-refractivity contribution in [2.24, 2.45) is 0 Å². The van der Waals surface area contributed by atoms with Crippen LogP contribution in [-0.4, -0.2) is 78.2 Å². The molecule has 33 heavy (non-hydrogen) atoms. The highest BCUT2D eigenvalue weighted by Crippen LogP contribution is 2.06. The Kier molecular flexibility index (Phi) is 12.3. The van der Waals surface area contributed by atoms with Crippen LogP contribution in [0.25, 0.3) is 0 Å². The van der Waals surface area contributed by atoms with Crippen LogP contribution in [0.4, 0.5) is 0 Å². The minimum atomic E-state index is -4.19. The van der Waals surface area contributed by atoms with Crippen LogP contribution in [0.1, 0.15) is 33.1 Å². The Bertz CT molecular complexity index is 905. The molecule has 1 aliphatic carbocycles. The first-order valence-electron chi connectivity index (χ1n) is 10.7.